The van der Waals surface area contributed by atoms with Gasteiger partial charge in [-0.05, 0) is 44.1 Å². The zero-order chi connectivity index (χ0) is 24.4. The number of amides is 2. The van der Waals surface area contributed by atoms with Crippen LogP contribution in [-0.4, -0.2) is 59.1 Å². The Morgan fingerprint density at radius 1 is 1.23 bits per heavy atom. The molecule has 35 heavy (non-hydrogen) atoms. The lowest BCUT2D eigenvalue weighted by Crippen LogP contribution is -2.56. The second-order valence-corrected chi connectivity index (χ2v) is 10.7. The van der Waals surface area contributed by atoms with Crippen molar-refractivity contribution >= 4 is 29.3 Å². The Morgan fingerprint density at radius 2 is 1.97 bits per heavy atom. The van der Waals surface area contributed by atoms with E-state index in [-0.39, 0.29) is 29.5 Å². The van der Waals surface area contributed by atoms with E-state index >= 15 is 0 Å². The van der Waals surface area contributed by atoms with Gasteiger partial charge in [0.1, 0.15) is 16.5 Å². The van der Waals surface area contributed by atoms with Crippen LogP contribution in [0.1, 0.15) is 77.0 Å². The minimum Gasteiger partial charge on any atom is -0.359 e. The number of hydrogen-bond donors (Lipinski definition) is 2. The van der Waals surface area contributed by atoms with E-state index in [4.69, 9.17) is 16.3 Å². The first-order valence-electron chi connectivity index (χ1n) is 13.1. The molecule has 1 atom stereocenters. The van der Waals surface area contributed by atoms with Gasteiger partial charge in [-0.25, -0.2) is 10.0 Å². The fraction of sp³-hybridized carbons (Fsp3) is 0.654. The predicted molar refractivity (Wildman–Crippen MR) is 135 cm³/mol. The summed E-state index contributed by atoms with van der Waals surface area (Å²) in [6.07, 6.45) is 17.5. The molecule has 0 saturated heterocycles. The van der Waals surface area contributed by atoms with E-state index in [9.17, 15) is 9.59 Å². The van der Waals surface area contributed by atoms with Crippen LogP contribution in [-0.2, 0) is 14.3 Å². The summed E-state index contributed by atoms with van der Waals surface area (Å²) in [5.41, 5.74) is 3.78. The summed E-state index contributed by atoms with van der Waals surface area (Å²) in [6, 6.07) is 0.283. The van der Waals surface area contributed by atoms with Crippen molar-refractivity contribution < 1.29 is 14.3 Å². The topological polar surface area (TPSA) is 86.3 Å². The highest BCUT2D eigenvalue weighted by Crippen LogP contribution is 2.36. The largest absolute Gasteiger partial charge is 0.359 e. The molecule has 190 valence electrons. The van der Waals surface area contributed by atoms with Crippen molar-refractivity contribution in [2.24, 2.45) is 4.99 Å². The van der Waals surface area contributed by atoms with Gasteiger partial charge >= 0.3 is 0 Å². The van der Waals surface area contributed by atoms with Gasteiger partial charge < -0.3 is 15.0 Å². The molecule has 2 saturated carbocycles. The third kappa shape index (κ3) is 4.87. The predicted octanol–water partition coefficient (Wildman–Crippen LogP) is 3.86. The van der Waals surface area contributed by atoms with Gasteiger partial charge in [0.05, 0.1) is 12.3 Å². The summed E-state index contributed by atoms with van der Waals surface area (Å²) in [4.78, 5) is 33.4. The van der Waals surface area contributed by atoms with Crippen molar-refractivity contribution in [2.45, 2.75) is 95.0 Å². The lowest BCUT2D eigenvalue weighted by atomic mass is 9.82. The molecule has 9 heteroatoms. The van der Waals surface area contributed by atoms with E-state index in [0.717, 1.165) is 50.5 Å². The van der Waals surface area contributed by atoms with E-state index in [2.05, 4.69) is 21.8 Å². The molecule has 5 aliphatic rings. The second kappa shape index (κ2) is 10.3. The number of amidine groups is 1. The third-order valence-corrected chi connectivity index (χ3v) is 8.39. The zero-order valence-electron chi connectivity index (χ0n) is 20.5. The minimum atomic E-state index is -0.863. The van der Waals surface area contributed by atoms with Gasteiger partial charge in [0.2, 0.25) is 6.29 Å². The maximum absolute atomic E-state index is 13.8. The molecule has 2 aliphatic heterocycles. The maximum atomic E-state index is 13.8. The van der Waals surface area contributed by atoms with Crippen LogP contribution in [0, 0.1) is 0 Å². The summed E-state index contributed by atoms with van der Waals surface area (Å²) in [5.74, 6) is 0.410. The minimum absolute atomic E-state index is 0.0711. The lowest BCUT2D eigenvalue weighted by molar-refractivity contribution is -0.164. The van der Waals surface area contributed by atoms with Gasteiger partial charge in [-0.2, -0.15) is 0 Å². The number of hydrogen-bond acceptors (Lipinski definition) is 6. The first kappa shape index (κ1) is 24.4. The average Bonchev–Trinajstić information content (AvgIpc) is 3.35. The molecular weight excluding hydrogens is 466 g/mol. The molecule has 2 amide bonds. The molecular formula is C26H36ClN5O3. The molecule has 0 aromatic carbocycles. The molecule has 8 nitrogen and oxygen atoms in total. The van der Waals surface area contributed by atoms with Gasteiger partial charge in [-0.15, -0.1) is 0 Å². The average molecular weight is 502 g/mol. The Labute approximate surface area is 212 Å². The maximum Gasteiger partial charge on any atom is 0.289 e. The number of fused-ring (bicyclic) bond motifs is 1. The van der Waals surface area contributed by atoms with E-state index in [1.807, 2.05) is 24.1 Å². The summed E-state index contributed by atoms with van der Waals surface area (Å²) in [6.45, 7) is 0.0788. The van der Waals surface area contributed by atoms with E-state index < -0.39 is 11.9 Å². The number of rotatable bonds is 6. The number of aliphatic imine (C=N–C) groups is 1. The van der Waals surface area contributed by atoms with Crippen LogP contribution in [0.4, 0.5) is 0 Å². The van der Waals surface area contributed by atoms with Crippen LogP contribution in [0.25, 0.3) is 0 Å². The lowest BCUT2D eigenvalue weighted by Gasteiger charge is -2.42. The Kier molecular flexibility index (Phi) is 7.21. The number of carbonyl (C=O) groups is 2. The molecule has 5 rings (SSSR count). The number of nitrogens with zero attached hydrogens (tertiary/aromatic N) is 3. The molecule has 0 aromatic rings. The van der Waals surface area contributed by atoms with Crippen molar-refractivity contribution in [2.75, 3.05) is 13.7 Å². The molecule has 0 bridgehead atoms. The molecule has 2 fully saturated rings. The van der Waals surface area contributed by atoms with E-state index in [1.165, 1.54) is 24.3 Å². The summed E-state index contributed by atoms with van der Waals surface area (Å²) >= 11 is 6.49. The first-order valence-corrected chi connectivity index (χ1v) is 13.5. The molecule has 0 radical (unpaired) electrons. The van der Waals surface area contributed by atoms with Crippen LogP contribution in [0.15, 0.2) is 39.5 Å². The number of likely N-dealkylation sites (N-methyl/N-ethyl adjacent to an activating group) is 1. The summed E-state index contributed by atoms with van der Waals surface area (Å²) in [5, 5.41) is 4.75. The Morgan fingerprint density at radius 3 is 2.69 bits per heavy atom. The molecule has 2 N–H and O–H groups in total. The van der Waals surface area contributed by atoms with Crippen molar-refractivity contribution in [1.82, 2.24) is 20.7 Å². The van der Waals surface area contributed by atoms with Crippen molar-refractivity contribution in [3.8, 4) is 0 Å². The van der Waals surface area contributed by atoms with Gasteiger partial charge in [0.25, 0.3) is 11.8 Å². The summed E-state index contributed by atoms with van der Waals surface area (Å²) in [7, 11) is 1.93. The molecule has 3 aliphatic carbocycles. The van der Waals surface area contributed by atoms with Crippen molar-refractivity contribution in [3.05, 3.63) is 34.5 Å². The monoisotopic (exact) mass is 501 g/mol. The number of halogens is 1. The van der Waals surface area contributed by atoms with Gasteiger partial charge in [0.15, 0.2) is 0 Å². The SMILES string of the molecule is CN(C(=O)C1(OCC2=C(Cl)C(=O)N3NC(C4=CC=CCC4)=NC3N2)CCCCC1)C1CCCCC1. The number of ether oxygens (including phenoxy) is 1. The number of carbonyl (C=O) groups excluding carboxylic acids is 2. The molecule has 0 aromatic heterocycles. The van der Waals surface area contributed by atoms with Crippen molar-refractivity contribution in [3.63, 3.8) is 0 Å². The van der Waals surface area contributed by atoms with Gasteiger partial charge in [-0.3, -0.25) is 15.0 Å². The number of nitrogens with one attached hydrogen (secondary N) is 2. The quantitative estimate of drug-likeness (QED) is 0.577. The normalized spacial score (nSPS) is 26.5. The van der Waals surface area contributed by atoms with E-state index in [1.54, 1.807) is 0 Å². The standard InChI is InChI=1S/C26H36ClN5O3/c1-31(19-13-7-3-8-14-19)24(34)26(15-9-4-10-16-26)35-17-20-21(27)23(33)32-25(28-20)29-22(30-32)18-11-5-2-6-12-18/h2,5,11,19,25,28H,3-4,6-10,12-17H2,1H3,(H,29,30). The number of allylic oxidation sites excluding steroid dienone is 3. The smallest absolute Gasteiger partial charge is 0.289 e. The Hall–Kier alpha value is -2.32. The summed E-state index contributed by atoms with van der Waals surface area (Å²) < 4.78 is 6.44. The number of hydrazine groups is 1. The van der Waals surface area contributed by atoms with Crippen LogP contribution in [0.5, 0.6) is 0 Å². The van der Waals surface area contributed by atoms with Crippen LogP contribution in [0.2, 0.25) is 0 Å². The highest BCUT2D eigenvalue weighted by atomic mass is 35.5. The van der Waals surface area contributed by atoms with Gasteiger partial charge in [0, 0.05) is 13.1 Å². The van der Waals surface area contributed by atoms with E-state index in [0.29, 0.717) is 24.4 Å². The molecule has 2 heterocycles. The fourth-order valence-corrected chi connectivity index (χ4v) is 6.07. The van der Waals surface area contributed by atoms with Crippen LogP contribution < -0.4 is 10.7 Å². The van der Waals surface area contributed by atoms with Crippen molar-refractivity contribution in [1.29, 1.82) is 0 Å². The second-order valence-electron chi connectivity index (χ2n) is 10.3. The van der Waals surface area contributed by atoms with Crippen LogP contribution in [0.3, 0.4) is 0 Å². The van der Waals surface area contributed by atoms with Gasteiger partial charge in [-0.1, -0.05) is 68.4 Å². The van der Waals surface area contributed by atoms with Crippen LogP contribution >= 0.6 is 11.6 Å². The Balaban J connectivity index is 1.30. The first-order chi connectivity index (χ1) is 17.0. The zero-order valence-corrected chi connectivity index (χ0v) is 21.3. The highest BCUT2D eigenvalue weighted by molar-refractivity contribution is 6.42. The highest BCUT2D eigenvalue weighted by Gasteiger charge is 2.45. The fourth-order valence-electron chi connectivity index (χ4n) is 5.87. The molecule has 1 unspecified atom stereocenters. The molecule has 0 spiro atoms. The Bertz CT molecular complexity index is 975. The third-order valence-electron chi connectivity index (χ3n) is 8.00.